The van der Waals surface area contributed by atoms with Crippen LogP contribution >= 0.6 is 11.3 Å². The lowest BCUT2D eigenvalue weighted by atomic mass is 9.87. The number of amides is 1. The van der Waals surface area contributed by atoms with Crippen molar-refractivity contribution < 1.29 is 4.79 Å². The Morgan fingerprint density at radius 3 is 2.76 bits per heavy atom. The van der Waals surface area contributed by atoms with Crippen LogP contribution in [0.1, 0.15) is 22.6 Å². The van der Waals surface area contributed by atoms with Crippen molar-refractivity contribution >= 4 is 17.2 Å². The number of aromatic nitrogens is 1. The highest BCUT2D eigenvalue weighted by atomic mass is 32.1. The summed E-state index contributed by atoms with van der Waals surface area (Å²) in [5.41, 5.74) is 1.07. The number of hydrogen-bond acceptors (Lipinski definition) is 5. The molecule has 1 aromatic heterocycles. The van der Waals surface area contributed by atoms with Gasteiger partial charge in [-0.2, -0.15) is 5.26 Å². The summed E-state index contributed by atoms with van der Waals surface area (Å²) in [6.45, 7) is 0. The number of nitrogens with zero attached hydrogens (tertiary/aromatic N) is 2. The van der Waals surface area contributed by atoms with Gasteiger partial charge in [-0.05, 0) is 18.4 Å². The molecule has 0 bridgehead atoms. The van der Waals surface area contributed by atoms with Crippen LogP contribution in [0, 0.1) is 11.5 Å². The first kappa shape index (κ1) is 13.6. The fraction of sp³-hybridized carbons (Fsp3) is 0.267. The van der Waals surface area contributed by atoms with Crippen LogP contribution in [0.4, 0.5) is 0 Å². The van der Waals surface area contributed by atoms with Gasteiger partial charge >= 0.3 is 0 Å². The van der Waals surface area contributed by atoms with Gasteiger partial charge in [-0.1, -0.05) is 30.3 Å². The molecule has 6 heteroatoms. The average Bonchev–Trinajstić information content (AvgIpc) is 2.96. The van der Waals surface area contributed by atoms with Gasteiger partial charge < -0.3 is 10.6 Å². The Balaban J connectivity index is 1.60. The molecule has 21 heavy (non-hydrogen) atoms. The minimum absolute atomic E-state index is 0.132. The Morgan fingerprint density at radius 1 is 1.29 bits per heavy atom. The van der Waals surface area contributed by atoms with Crippen LogP contribution in [0.15, 0.2) is 36.5 Å². The molecule has 1 aromatic carbocycles. The quantitative estimate of drug-likeness (QED) is 0.669. The number of nitrogens with one attached hydrogen (secondary N) is 2. The fourth-order valence-electron chi connectivity index (χ4n) is 2.31. The molecular weight excluding hydrogens is 284 g/mol. The first-order chi connectivity index (χ1) is 10.3. The molecule has 0 unspecified atom stereocenters. The van der Waals surface area contributed by atoms with Gasteiger partial charge in [-0.15, -0.1) is 11.3 Å². The molecule has 0 atom stereocenters. The maximum absolute atomic E-state index is 12.1. The monoisotopic (exact) mass is 298 g/mol. The molecule has 5 nitrogen and oxygen atoms in total. The summed E-state index contributed by atoms with van der Waals surface area (Å²) in [7, 11) is 0. The molecule has 2 N–H and O–H groups in total. The largest absolute Gasteiger partial charge is 0.347 e. The molecule has 1 fully saturated rings. The normalized spacial score (nSPS) is 20.1. The molecule has 2 aromatic rings. The Kier molecular flexibility index (Phi) is 3.84. The lowest BCUT2D eigenvalue weighted by Crippen LogP contribution is -2.51. The number of carbonyl (C=O) groups is 1. The van der Waals surface area contributed by atoms with Crippen molar-refractivity contribution in [1.29, 1.82) is 5.26 Å². The molecular formula is C15H14N4OS. The average molecular weight is 298 g/mol. The van der Waals surface area contributed by atoms with Crippen LogP contribution in [0.3, 0.4) is 0 Å². The number of thiazole rings is 1. The topological polar surface area (TPSA) is 77.8 Å². The molecule has 106 valence electrons. The summed E-state index contributed by atoms with van der Waals surface area (Å²) in [6, 6.07) is 10.2. The molecule has 0 spiro atoms. The summed E-state index contributed by atoms with van der Waals surface area (Å²) in [5, 5.41) is 14.6. The zero-order valence-electron chi connectivity index (χ0n) is 11.2. The van der Waals surface area contributed by atoms with E-state index in [9.17, 15) is 4.79 Å². The summed E-state index contributed by atoms with van der Waals surface area (Å²) < 4.78 is 0. The predicted molar refractivity (Wildman–Crippen MR) is 80.6 cm³/mol. The van der Waals surface area contributed by atoms with Gasteiger partial charge in [0.05, 0.1) is 4.88 Å². The van der Waals surface area contributed by atoms with Crippen LogP contribution in [0.2, 0.25) is 0 Å². The second-order valence-electron chi connectivity index (χ2n) is 4.99. The first-order valence-electron chi connectivity index (χ1n) is 6.73. The summed E-state index contributed by atoms with van der Waals surface area (Å²) in [6.07, 6.45) is 5.23. The van der Waals surface area contributed by atoms with Crippen molar-refractivity contribution in [3.05, 3.63) is 41.5 Å². The van der Waals surface area contributed by atoms with Gasteiger partial charge in [0, 0.05) is 18.3 Å². The fourth-order valence-corrected chi connectivity index (χ4v) is 3.13. The van der Waals surface area contributed by atoms with E-state index in [0.717, 1.165) is 23.3 Å². The van der Waals surface area contributed by atoms with E-state index in [0.29, 0.717) is 5.01 Å². The third-order valence-electron chi connectivity index (χ3n) is 3.50. The predicted octanol–water partition coefficient (Wildman–Crippen LogP) is 2.14. The van der Waals surface area contributed by atoms with E-state index in [4.69, 9.17) is 5.26 Å². The Labute approximate surface area is 126 Å². The van der Waals surface area contributed by atoms with E-state index in [-0.39, 0.29) is 18.0 Å². The van der Waals surface area contributed by atoms with E-state index in [1.165, 1.54) is 11.3 Å². The van der Waals surface area contributed by atoms with Crippen molar-refractivity contribution in [3.63, 3.8) is 0 Å². The van der Waals surface area contributed by atoms with Crippen LogP contribution in [-0.4, -0.2) is 23.0 Å². The van der Waals surface area contributed by atoms with E-state index in [2.05, 4.69) is 15.6 Å². The van der Waals surface area contributed by atoms with E-state index in [1.54, 1.807) is 6.20 Å². The van der Waals surface area contributed by atoms with Crippen LogP contribution in [-0.2, 0) is 0 Å². The van der Waals surface area contributed by atoms with Crippen LogP contribution in [0.5, 0.6) is 0 Å². The summed E-state index contributed by atoms with van der Waals surface area (Å²) in [5.74, 6) is -0.136. The minimum atomic E-state index is -0.136. The van der Waals surface area contributed by atoms with Crippen LogP contribution in [0.25, 0.3) is 10.4 Å². The van der Waals surface area contributed by atoms with Crippen molar-refractivity contribution in [2.75, 3.05) is 0 Å². The zero-order valence-corrected chi connectivity index (χ0v) is 12.1. The minimum Gasteiger partial charge on any atom is -0.347 e. The van der Waals surface area contributed by atoms with E-state index in [1.807, 2.05) is 36.5 Å². The molecule has 3 rings (SSSR count). The Bertz CT molecular complexity index is 670. The molecule has 1 saturated carbocycles. The number of carbonyl (C=O) groups excluding carboxylic acids is 1. The molecule has 0 aliphatic heterocycles. The third-order valence-corrected chi connectivity index (χ3v) is 4.55. The molecule has 1 heterocycles. The number of rotatable bonds is 4. The van der Waals surface area contributed by atoms with Gasteiger partial charge in [-0.3, -0.25) is 4.79 Å². The lowest BCUT2D eigenvalue weighted by molar-refractivity contribution is 0.0905. The van der Waals surface area contributed by atoms with Gasteiger partial charge in [0.25, 0.3) is 5.91 Å². The second-order valence-corrected chi connectivity index (χ2v) is 6.02. The molecule has 1 aliphatic rings. The van der Waals surface area contributed by atoms with E-state index >= 15 is 0 Å². The molecule has 0 radical (unpaired) electrons. The summed E-state index contributed by atoms with van der Waals surface area (Å²) >= 11 is 1.39. The lowest BCUT2D eigenvalue weighted by Gasteiger charge is -2.34. The third kappa shape index (κ3) is 3.03. The summed E-state index contributed by atoms with van der Waals surface area (Å²) in [4.78, 5) is 17.3. The number of nitriles is 1. The van der Waals surface area contributed by atoms with Crippen molar-refractivity contribution in [2.24, 2.45) is 0 Å². The van der Waals surface area contributed by atoms with Gasteiger partial charge in [-0.25, -0.2) is 4.98 Å². The SMILES string of the molecule is N#CN[C@H]1C[C@@H](NC(=O)c2ncc(-c3ccccc3)s2)C1. The van der Waals surface area contributed by atoms with Crippen LogP contribution < -0.4 is 10.6 Å². The Morgan fingerprint density at radius 2 is 2.05 bits per heavy atom. The maximum atomic E-state index is 12.1. The smallest absolute Gasteiger partial charge is 0.280 e. The van der Waals surface area contributed by atoms with Crippen molar-refractivity contribution in [3.8, 4) is 16.6 Å². The highest BCUT2D eigenvalue weighted by molar-refractivity contribution is 7.16. The second kappa shape index (κ2) is 5.94. The van der Waals surface area contributed by atoms with E-state index < -0.39 is 0 Å². The van der Waals surface area contributed by atoms with Gasteiger partial charge in [0.2, 0.25) is 0 Å². The maximum Gasteiger partial charge on any atom is 0.280 e. The molecule has 0 saturated heterocycles. The number of benzene rings is 1. The number of hydrogen-bond donors (Lipinski definition) is 2. The van der Waals surface area contributed by atoms with Gasteiger partial charge in [0.15, 0.2) is 11.2 Å². The first-order valence-corrected chi connectivity index (χ1v) is 7.54. The van der Waals surface area contributed by atoms with Crippen molar-refractivity contribution in [1.82, 2.24) is 15.6 Å². The molecule has 1 amide bonds. The molecule has 1 aliphatic carbocycles. The van der Waals surface area contributed by atoms with Crippen molar-refractivity contribution in [2.45, 2.75) is 24.9 Å². The van der Waals surface area contributed by atoms with Gasteiger partial charge in [0.1, 0.15) is 0 Å². The zero-order chi connectivity index (χ0) is 14.7. The highest BCUT2D eigenvalue weighted by Crippen LogP contribution is 2.26. The highest BCUT2D eigenvalue weighted by Gasteiger charge is 2.30. The standard InChI is InChI=1S/C15H14N4OS/c16-9-18-11-6-12(7-11)19-14(20)15-17-8-13(21-15)10-4-2-1-3-5-10/h1-5,8,11-12,18H,6-7H2,(H,19,20)/t11-,12+. The Hall–Kier alpha value is -2.39.